The first-order valence-electron chi connectivity index (χ1n) is 10.1. The largest absolute Gasteiger partial charge is 0.507 e. The molecule has 0 saturated carbocycles. The van der Waals surface area contributed by atoms with E-state index in [2.05, 4.69) is 11.4 Å². The summed E-state index contributed by atoms with van der Waals surface area (Å²) in [4.78, 5) is 37.1. The molecule has 2 aromatic carbocycles. The van der Waals surface area contributed by atoms with Crippen LogP contribution in [0.5, 0.6) is 5.75 Å². The lowest BCUT2D eigenvalue weighted by Gasteiger charge is -2.36. The van der Waals surface area contributed by atoms with Crippen molar-refractivity contribution in [2.45, 2.75) is 17.5 Å². The summed E-state index contributed by atoms with van der Waals surface area (Å²) in [7, 11) is 0. The minimum atomic E-state index is -1.26. The lowest BCUT2D eigenvalue weighted by atomic mass is 9.74. The van der Waals surface area contributed by atoms with Gasteiger partial charge in [0, 0.05) is 28.3 Å². The first-order valence-corrected chi connectivity index (χ1v) is 11.3. The van der Waals surface area contributed by atoms with Crippen molar-refractivity contribution in [3.63, 3.8) is 0 Å². The molecular weight excluding hydrogens is 442 g/mol. The van der Waals surface area contributed by atoms with E-state index in [1.165, 1.54) is 16.3 Å². The minimum Gasteiger partial charge on any atom is -0.507 e. The summed E-state index contributed by atoms with van der Waals surface area (Å²) in [5.74, 6) is -1.73. The number of pyridine rings is 1. The van der Waals surface area contributed by atoms with Crippen molar-refractivity contribution in [3.05, 3.63) is 86.3 Å². The number of rotatable bonds is 5. The van der Waals surface area contributed by atoms with E-state index < -0.39 is 41.3 Å². The summed E-state index contributed by atoms with van der Waals surface area (Å²) in [5.41, 5.74) is 3.50. The first kappa shape index (κ1) is 20.8. The van der Waals surface area contributed by atoms with Crippen molar-refractivity contribution in [2.24, 2.45) is 0 Å². The Kier molecular flexibility index (Phi) is 4.95. The molecule has 0 radical (unpaired) electrons. The molecule has 5 rings (SSSR count). The summed E-state index contributed by atoms with van der Waals surface area (Å²) in [6, 6.07) is 14.9. The van der Waals surface area contributed by atoms with Crippen molar-refractivity contribution >= 4 is 23.6 Å². The molecule has 2 bridgehead atoms. The number of carbonyl (C=O) groups is 2. The Balaban J connectivity index is 1.71. The quantitative estimate of drug-likeness (QED) is 0.418. The summed E-state index contributed by atoms with van der Waals surface area (Å²) in [6.45, 7) is -0.678. The van der Waals surface area contributed by atoms with Crippen molar-refractivity contribution in [3.8, 4) is 22.9 Å². The van der Waals surface area contributed by atoms with Crippen LogP contribution in [0.1, 0.15) is 44.3 Å². The Morgan fingerprint density at radius 1 is 1.18 bits per heavy atom. The Morgan fingerprint density at radius 2 is 1.94 bits per heavy atom. The maximum Gasteiger partial charge on any atom is 0.322 e. The van der Waals surface area contributed by atoms with Gasteiger partial charge in [-0.05, 0) is 16.7 Å². The van der Waals surface area contributed by atoms with Crippen LogP contribution in [0.2, 0.25) is 0 Å². The van der Waals surface area contributed by atoms with Crippen molar-refractivity contribution in [1.82, 2.24) is 9.88 Å². The number of benzene rings is 2. The van der Waals surface area contributed by atoms with Gasteiger partial charge in [0.2, 0.25) is 0 Å². The van der Waals surface area contributed by atoms with Crippen LogP contribution in [0.4, 0.5) is 0 Å². The van der Waals surface area contributed by atoms with Crippen LogP contribution < -0.4 is 10.9 Å². The van der Waals surface area contributed by atoms with Gasteiger partial charge in [0.05, 0.1) is 17.7 Å². The van der Waals surface area contributed by atoms with Gasteiger partial charge in [0.25, 0.3) is 11.5 Å². The Morgan fingerprint density at radius 3 is 2.64 bits per heavy atom. The second-order valence-electron chi connectivity index (χ2n) is 7.76. The highest BCUT2D eigenvalue weighted by Crippen LogP contribution is 2.49. The number of carbonyl (C=O) groups excluding carboxylic acids is 1. The van der Waals surface area contributed by atoms with Crippen LogP contribution in [-0.4, -0.2) is 33.2 Å². The minimum absolute atomic E-state index is 0.411. The standard InChI is InChI=1S/C24H17N3O5S/c25-8-15-14-7-6-13(12-4-2-1-3-5-12)19(15)21(14)27-17-11-33-10-16(17)22(30)20(24(27)32)23(31)26-9-18(28)29/h1-7,21,30H,9-11H2,(H,26,31)(H,28,29). The fraction of sp³-hybridized carbons (Fsp3) is 0.167. The fourth-order valence-corrected chi connectivity index (χ4v) is 5.66. The normalized spacial score (nSPS) is 15.3. The maximum atomic E-state index is 13.6. The molecule has 0 fully saturated rings. The number of thioether (sulfide) groups is 1. The molecule has 0 spiro atoms. The lowest BCUT2D eigenvalue weighted by molar-refractivity contribution is -0.135. The van der Waals surface area contributed by atoms with Gasteiger partial charge in [-0.25, -0.2) is 0 Å². The molecule has 8 nitrogen and oxygen atoms in total. The second-order valence-corrected chi connectivity index (χ2v) is 8.75. The number of fused-ring (bicyclic) bond motifs is 3. The molecule has 0 saturated heterocycles. The number of hydrogen-bond donors (Lipinski definition) is 3. The number of carboxylic acids is 1. The Bertz CT molecular complexity index is 1440. The predicted molar refractivity (Wildman–Crippen MR) is 121 cm³/mol. The molecule has 3 N–H and O–H groups in total. The lowest BCUT2D eigenvalue weighted by Crippen LogP contribution is -2.40. The molecule has 1 aliphatic carbocycles. The average molecular weight is 459 g/mol. The highest BCUT2D eigenvalue weighted by Gasteiger charge is 2.40. The SMILES string of the molecule is N#Cc1c2ccc(-c3ccccc3)c1C2n1c2c(c(O)c(C(=O)NCC(=O)O)c1=O)CSC2. The van der Waals surface area contributed by atoms with E-state index in [9.17, 15) is 24.8 Å². The number of carboxylic acid groups (broad SMARTS) is 1. The van der Waals surface area contributed by atoms with Crippen LogP contribution in [0, 0.1) is 11.3 Å². The van der Waals surface area contributed by atoms with Crippen LogP contribution in [-0.2, 0) is 16.3 Å². The van der Waals surface area contributed by atoms with Gasteiger partial charge in [-0.3, -0.25) is 19.0 Å². The van der Waals surface area contributed by atoms with Crippen LogP contribution in [0.25, 0.3) is 11.1 Å². The number of hydrogen-bond acceptors (Lipinski definition) is 6. The highest BCUT2D eigenvalue weighted by atomic mass is 32.2. The molecule has 3 aromatic rings. The van der Waals surface area contributed by atoms with Crippen molar-refractivity contribution in [2.75, 3.05) is 6.54 Å². The third-order valence-electron chi connectivity index (χ3n) is 6.01. The third-order valence-corrected chi connectivity index (χ3v) is 6.98. The Labute approximate surface area is 192 Å². The number of aliphatic carboxylic acids is 1. The summed E-state index contributed by atoms with van der Waals surface area (Å²) in [5, 5.41) is 31.5. The molecule has 1 unspecified atom stereocenters. The topological polar surface area (TPSA) is 132 Å². The van der Waals surface area contributed by atoms with E-state index in [1.54, 1.807) is 0 Å². The Hall–Kier alpha value is -4.03. The van der Waals surface area contributed by atoms with Gasteiger partial charge in [0.1, 0.15) is 17.9 Å². The molecule has 1 aliphatic heterocycles. The van der Waals surface area contributed by atoms with E-state index in [4.69, 9.17) is 5.11 Å². The zero-order valence-electron chi connectivity index (χ0n) is 17.2. The summed E-state index contributed by atoms with van der Waals surface area (Å²) in [6.07, 6.45) is 0. The van der Waals surface area contributed by atoms with E-state index in [-0.39, 0.29) is 0 Å². The number of nitriles is 1. The average Bonchev–Trinajstić information content (AvgIpc) is 3.30. The van der Waals surface area contributed by atoms with Crippen LogP contribution in [0.3, 0.4) is 0 Å². The van der Waals surface area contributed by atoms with Gasteiger partial charge < -0.3 is 15.5 Å². The molecule has 1 atom stereocenters. The van der Waals surface area contributed by atoms with Gasteiger partial charge in [-0.1, -0.05) is 42.5 Å². The molecule has 164 valence electrons. The fourth-order valence-electron chi connectivity index (χ4n) is 4.55. The van der Waals surface area contributed by atoms with Crippen molar-refractivity contribution < 1.29 is 19.8 Å². The van der Waals surface area contributed by atoms with E-state index in [0.29, 0.717) is 39.5 Å². The molecule has 2 aliphatic rings. The summed E-state index contributed by atoms with van der Waals surface area (Å²) >= 11 is 1.50. The predicted octanol–water partition coefficient (Wildman–Crippen LogP) is 2.60. The van der Waals surface area contributed by atoms with Crippen LogP contribution >= 0.6 is 11.8 Å². The smallest absolute Gasteiger partial charge is 0.322 e. The third kappa shape index (κ3) is 3.10. The second kappa shape index (κ2) is 7.83. The molecule has 1 amide bonds. The zero-order chi connectivity index (χ0) is 23.3. The zero-order valence-corrected chi connectivity index (χ0v) is 18.0. The molecular formula is C24H17N3O5S. The van der Waals surface area contributed by atoms with E-state index in [0.717, 1.165) is 11.1 Å². The number of amides is 1. The first-order chi connectivity index (χ1) is 15.9. The van der Waals surface area contributed by atoms with Crippen molar-refractivity contribution in [1.29, 1.82) is 5.26 Å². The van der Waals surface area contributed by atoms with Gasteiger partial charge >= 0.3 is 5.97 Å². The molecule has 9 heteroatoms. The van der Waals surface area contributed by atoms with E-state index >= 15 is 0 Å². The highest BCUT2D eigenvalue weighted by molar-refractivity contribution is 7.98. The van der Waals surface area contributed by atoms with Gasteiger partial charge in [-0.15, -0.1) is 0 Å². The molecule has 33 heavy (non-hydrogen) atoms. The monoisotopic (exact) mass is 459 g/mol. The van der Waals surface area contributed by atoms with Gasteiger partial charge in [-0.2, -0.15) is 17.0 Å². The number of aromatic hydroxyl groups is 1. The van der Waals surface area contributed by atoms with E-state index in [1.807, 2.05) is 42.5 Å². The van der Waals surface area contributed by atoms with Gasteiger partial charge in [0.15, 0.2) is 0 Å². The number of aromatic nitrogens is 1. The summed E-state index contributed by atoms with van der Waals surface area (Å²) < 4.78 is 1.49. The number of nitrogens with zero attached hydrogens (tertiary/aromatic N) is 2. The molecule has 1 aromatic heterocycles. The van der Waals surface area contributed by atoms with Crippen LogP contribution in [0.15, 0.2) is 47.3 Å². The molecule has 2 heterocycles. The number of nitrogens with one attached hydrogen (secondary N) is 1. The maximum absolute atomic E-state index is 13.6.